The Labute approximate surface area is 157 Å². The van der Waals surface area contributed by atoms with Gasteiger partial charge in [0.25, 0.3) is 5.69 Å². The van der Waals surface area contributed by atoms with Gasteiger partial charge >= 0.3 is 0 Å². The van der Waals surface area contributed by atoms with Gasteiger partial charge in [-0.2, -0.15) is 5.10 Å². The van der Waals surface area contributed by atoms with Crippen LogP contribution in [-0.4, -0.2) is 24.7 Å². The zero-order valence-corrected chi connectivity index (χ0v) is 14.5. The highest BCUT2D eigenvalue weighted by molar-refractivity contribution is 6.41. The van der Waals surface area contributed by atoms with E-state index < -0.39 is 4.92 Å². The lowest BCUT2D eigenvalue weighted by Gasteiger charge is -2.07. The van der Waals surface area contributed by atoms with Crippen LogP contribution < -0.4 is 0 Å². The summed E-state index contributed by atoms with van der Waals surface area (Å²) in [5.74, 6) is 0. The highest BCUT2D eigenvalue weighted by Crippen LogP contribution is 2.37. The van der Waals surface area contributed by atoms with Crippen molar-refractivity contribution >= 4 is 50.1 Å². The van der Waals surface area contributed by atoms with Crippen LogP contribution in [0.15, 0.2) is 60.9 Å². The van der Waals surface area contributed by atoms with E-state index >= 15 is 0 Å². The van der Waals surface area contributed by atoms with E-state index in [9.17, 15) is 10.1 Å². The maximum atomic E-state index is 11.4. The summed E-state index contributed by atoms with van der Waals surface area (Å²) in [5.41, 5.74) is 2.51. The predicted octanol–water partition coefficient (Wildman–Crippen LogP) is 4.68. The summed E-state index contributed by atoms with van der Waals surface area (Å²) >= 11 is 6.54. The number of hydrogen-bond acceptors (Lipinski definition) is 5. The van der Waals surface area contributed by atoms with Gasteiger partial charge in [0, 0.05) is 17.6 Å². The fourth-order valence-corrected chi connectivity index (χ4v) is 3.59. The molecular weight excluding hydrogens is 366 g/mol. The van der Waals surface area contributed by atoms with Crippen LogP contribution >= 0.6 is 11.6 Å². The van der Waals surface area contributed by atoms with Gasteiger partial charge < -0.3 is 0 Å². The number of nitrogens with zero attached hydrogens (tertiary/aromatic N) is 5. The minimum absolute atomic E-state index is 0.0769. The summed E-state index contributed by atoms with van der Waals surface area (Å²) in [5, 5.41) is 17.7. The maximum absolute atomic E-state index is 11.4. The minimum Gasteiger partial charge on any atom is -0.258 e. The van der Waals surface area contributed by atoms with Gasteiger partial charge in [-0.1, -0.05) is 35.9 Å². The Morgan fingerprint density at radius 2 is 1.81 bits per heavy atom. The summed E-state index contributed by atoms with van der Waals surface area (Å²) in [6.45, 7) is 0. The highest BCUT2D eigenvalue weighted by atomic mass is 35.5. The SMILES string of the molecule is O=[N+]([O-])c1cccc2nc3c(cnc4c3cnn4-c3ccccc3)c(Cl)c12. The molecule has 3 heterocycles. The number of nitro benzene ring substituents is 1. The third-order valence-electron chi connectivity index (χ3n) is 4.48. The number of fused-ring (bicyclic) bond motifs is 4. The molecule has 2 aromatic carbocycles. The Morgan fingerprint density at radius 1 is 1.00 bits per heavy atom. The average Bonchev–Trinajstić information content (AvgIpc) is 3.13. The normalized spacial score (nSPS) is 11.4. The van der Waals surface area contributed by atoms with Crippen LogP contribution in [0.3, 0.4) is 0 Å². The van der Waals surface area contributed by atoms with E-state index in [0.717, 1.165) is 11.1 Å². The molecular formula is C19H10ClN5O2. The summed E-state index contributed by atoms with van der Waals surface area (Å²) in [6, 6.07) is 14.4. The number of hydrogen-bond donors (Lipinski definition) is 0. The van der Waals surface area contributed by atoms with Crippen molar-refractivity contribution in [2.75, 3.05) is 0 Å². The molecule has 0 spiro atoms. The second kappa shape index (κ2) is 5.72. The number of pyridine rings is 2. The van der Waals surface area contributed by atoms with Crippen molar-refractivity contribution in [3.63, 3.8) is 0 Å². The summed E-state index contributed by atoms with van der Waals surface area (Å²) in [4.78, 5) is 20.0. The van der Waals surface area contributed by atoms with Gasteiger partial charge in [0.1, 0.15) is 0 Å². The van der Waals surface area contributed by atoms with Crippen molar-refractivity contribution in [2.24, 2.45) is 0 Å². The van der Waals surface area contributed by atoms with E-state index in [-0.39, 0.29) is 10.7 Å². The molecule has 0 amide bonds. The number of nitro groups is 1. The van der Waals surface area contributed by atoms with Gasteiger partial charge in [0.05, 0.1) is 43.6 Å². The summed E-state index contributed by atoms with van der Waals surface area (Å²) in [6.07, 6.45) is 3.27. The number of rotatable bonds is 2. The van der Waals surface area contributed by atoms with Crippen molar-refractivity contribution in [3.05, 3.63) is 76.1 Å². The number of benzene rings is 2. The number of aromatic nitrogens is 4. The molecule has 0 aliphatic heterocycles. The van der Waals surface area contributed by atoms with Crippen molar-refractivity contribution in [1.29, 1.82) is 0 Å². The molecule has 8 heteroatoms. The fraction of sp³-hybridized carbons (Fsp3) is 0. The largest absolute Gasteiger partial charge is 0.280 e. The van der Waals surface area contributed by atoms with Crippen LogP contribution in [0.25, 0.3) is 38.5 Å². The number of non-ortho nitro benzene ring substituents is 1. The maximum Gasteiger partial charge on any atom is 0.280 e. The molecule has 0 bridgehead atoms. The molecule has 5 rings (SSSR count). The Balaban J connectivity index is 1.88. The second-order valence-electron chi connectivity index (χ2n) is 6.00. The van der Waals surface area contributed by atoms with Gasteiger partial charge in [-0.3, -0.25) is 10.1 Å². The van der Waals surface area contributed by atoms with Crippen LogP contribution in [-0.2, 0) is 0 Å². The molecule has 0 aliphatic carbocycles. The highest BCUT2D eigenvalue weighted by Gasteiger charge is 2.20. The molecule has 3 aromatic heterocycles. The molecule has 0 N–H and O–H groups in total. The van der Waals surface area contributed by atoms with Gasteiger partial charge in [-0.25, -0.2) is 14.6 Å². The minimum atomic E-state index is -0.457. The van der Waals surface area contributed by atoms with Crippen LogP contribution in [0.5, 0.6) is 0 Å². The van der Waals surface area contributed by atoms with E-state index in [1.807, 2.05) is 30.3 Å². The van der Waals surface area contributed by atoms with E-state index in [2.05, 4.69) is 15.1 Å². The Hall–Kier alpha value is -3.58. The third-order valence-corrected chi connectivity index (χ3v) is 4.87. The zero-order chi connectivity index (χ0) is 18.5. The topological polar surface area (TPSA) is 86.7 Å². The van der Waals surface area contributed by atoms with E-state index in [0.29, 0.717) is 27.5 Å². The van der Waals surface area contributed by atoms with Crippen molar-refractivity contribution in [2.45, 2.75) is 0 Å². The van der Waals surface area contributed by atoms with Gasteiger partial charge in [-0.15, -0.1) is 0 Å². The zero-order valence-electron chi connectivity index (χ0n) is 13.7. The lowest BCUT2D eigenvalue weighted by atomic mass is 10.1. The number of halogens is 1. The van der Waals surface area contributed by atoms with Crippen molar-refractivity contribution in [1.82, 2.24) is 19.7 Å². The molecule has 130 valence electrons. The predicted molar refractivity (Wildman–Crippen MR) is 103 cm³/mol. The molecule has 27 heavy (non-hydrogen) atoms. The Morgan fingerprint density at radius 3 is 2.59 bits per heavy atom. The van der Waals surface area contributed by atoms with Gasteiger partial charge in [-0.05, 0) is 18.2 Å². The van der Waals surface area contributed by atoms with E-state index in [1.54, 1.807) is 29.2 Å². The Bertz CT molecular complexity index is 1360. The molecule has 7 nitrogen and oxygen atoms in total. The first-order valence-corrected chi connectivity index (χ1v) is 8.47. The lowest BCUT2D eigenvalue weighted by Crippen LogP contribution is -1.97. The fourth-order valence-electron chi connectivity index (χ4n) is 3.26. The first-order chi connectivity index (χ1) is 13.1. The average molecular weight is 376 g/mol. The van der Waals surface area contributed by atoms with Crippen LogP contribution in [0.1, 0.15) is 0 Å². The molecule has 0 saturated heterocycles. The molecule has 0 aliphatic rings. The quantitative estimate of drug-likeness (QED) is 0.254. The van der Waals surface area contributed by atoms with Crippen LogP contribution in [0.2, 0.25) is 5.02 Å². The Kier molecular flexibility index (Phi) is 3.32. The molecule has 0 radical (unpaired) electrons. The monoisotopic (exact) mass is 375 g/mol. The second-order valence-corrected chi connectivity index (χ2v) is 6.38. The smallest absolute Gasteiger partial charge is 0.258 e. The van der Waals surface area contributed by atoms with Crippen molar-refractivity contribution in [3.8, 4) is 5.69 Å². The van der Waals surface area contributed by atoms with Crippen LogP contribution in [0, 0.1) is 10.1 Å². The molecule has 0 saturated carbocycles. The molecule has 0 fully saturated rings. The summed E-state index contributed by atoms with van der Waals surface area (Å²) < 4.78 is 1.72. The van der Waals surface area contributed by atoms with E-state index in [4.69, 9.17) is 11.6 Å². The molecule has 0 unspecified atom stereocenters. The molecule has 0 atom stereocenters. The van der Waals surface area contributed by atoms with Crippen LogP contribution in [0.4, 0.5) is 5.69 Å². The first kappa shape index (κ1) is 15.7. The number of para-hydroxylation sites is 1. The van der Waals surface area contributed by atoms with Crippen molar-refractivity contribution < 1.29 is 4.92 Å². The standard InChI is InChI=1S/C19H10ClN5O2/c20-17-12-9-21-19-13(10-22-24(19)11-5-2-1-3-6-11)18(12)23-14-7-4-8-15(16(14)17)25(26)27/h1-10H. The summed E-state index contributed by atoms with van der Waals surface area (Å²) in [7, 11) is 0. The first-order valence-electron chi connectivity index (χ1n) is 8.09. The lowest BCUT2D eigenvalue weighted by molar-refractivity contribution is -0.383. The molecule has 5 aromatic rings. The third kappa shape index (κ3) is 2.25. The van der Waals surface area contributed by atoms with E-state index in [1.165, 1.54) is 6.07 Å². The van der Waals surface area contributed by atoms with Gasteiger partial charge in [0.2, 0.25) is 0 Å². The van der Waals surface area contributed by atoms with Gasteiger partial charge in [0.15, 0.2) is 5.65 Å².